The fourth-order valence-electron chi connectivity index (χ4n) is 0.471. The van der Waals surface area contributed by atoms with E-state index in [4.69, 9.17) is 7.48 Å². The van der Waals surface area contributed by atoms with Gasteiger partial charge in [0.2, 0.25) is 0 Å². The van der Waals surface area contributed by atoms with E-state index in [-0.39, 0.29) is 19.0 Å². The van der Waals surface area contributed by atoms with Crippen molar-refractivity contribution < 1.29 is 7.48 Å². The Morgan fingerprint density at radius 2 is 2.30 bits per heavy atom. The quantitative estimate of drug-likeness (QED) is 0.731. The van der Waals surface area contributed by atoms with E-state index in [0.717, 1.165) is 0 Å². The van der Waals surface area contributed by atoms with Gasteiger partial charge in [0.15, 0.2) is 5.82 Å². The van der Waals surface area contributed by atoms with E-state index in [1.807, 2.05) is 0 Å². The Bertz CT molecular complexity index is 272. The summed E-state index contributed by atoms with van der Waals surface area (Å²) in [4.78, 5) is 7.57. The number of halogens is 1. The number of aromatic nitrogens is 2. The van der Waals surface area contributed by atoms with Crippen molar-refractivity contribution in [1.29, 1.82) is 0 Å². The van der Waals surface area contributed by atoms with Crippen LogP contribution in [0.2, 0.25) is 0 Å². The fourth-order valence-corrected chi connectivity index (χ4v) is 0.648. The topological polar surface area (TPSA) is 35.0 Å². The predicted octanol–water partition coefficient (Wildman–Crippen LogP) is 1.39. The summed E-state index contributed by atoms with van der Waals surface area (Å²) >= 11 is 3.02. The van der Waals surface area contributed by atoms with Crippen LogP contribution in [0.1, 0.15) is 8.57 Å². The lowest BCUT2D eigenvalue weighted by atomic mass is 10.6. The highest BCUT2D eigenvalue weighted by atomic mass is 79.9. The maximum atomic E-state index is 7.31. The lowest BCUT2D eigenvalue weighted by Crippen LogP contribution is -1.94. The van der Waals surface area contributed by atoms with Crippen molar-refractivity contribution in [1.82, 2.24) is 9.97 Å². The van der Waals surface area contributed by atoms with E-state index in [2.05, 4.69) is 25.9 Å². The average molecular weight is 205 g/mol. The predicted molar refractivity (Wildman–Crippen MR) is 40.4 cm³/mol. The van der Waals surface area contributed by atoms with Gasteiger partial charge in [0.05, 0.1) is 7.21 Å². The van der Waals surface area contributed by atoms with Crippen LogP contribution in [-0.2, 0) is 11.3 Å². The van der Waals surface area contributed by atoms with Crippen LogP contribution < -0.4 is 0 Å². The normalized spacial score (nSPS) is 12.6. The molecule has 0 radical (unpaired) electrons. The highest BCUT2D eigenvalue weighted by Crippen LogP contribution is 2.04. The van der Waals surface area contributed by atoms with E-state index >= 15 is 0 Å². The maximum Gasteiger partial charge on any atom is 0.153 e. The molecular weight excluding hydrogens is 196 g/mol. The summed E-state index contributed by atoms with van der Waals surface area (Å²) in [6.45, 7) is 0.227. The van der Waals surface area contributed by atoms with Crippen LogP contribution in [0.15, 0.2) is 16.8 Å². The first-order valence-electron chi connectivity index (χ1n) is 3.63. The number of rotatable bonds is 2. The molecule has 0 atom stereocenters. The van der Waals surface area contributed by atoms with Crippen molar-refractivity contribution in [3.05, 3.63) is 22.6 Å². The van der Waals surface area contributed by atoms with Gasteiger partial charge in [0, 0.05) is 19.5 Å². The van der Waals surface area contributed by atoms with Crippen LogP contribution in [0.3, 0.4) is 0 Å². The Hall–Kier alpha value is -0.480. The molecule has 1 aromatic heterocycles. The molecule has 0 N–H and O–H groups in total. The Morgan fingerprint density at radius 1 is 1.70 bits per heavy atom. The van der Waals surface area contributed by atoms with E-state index < -0.39 is 0 Å². The van der Waals surface area contributed by atoms with Crippen LogP contribution in [0.5, 0.6) is 0 Å². The summed E-state index contributed by atoms with van der Waals surface area (Å²) < 4.78 is 19.7. The molecule has 1 rings (SSSR count). The minimum Gasteiger partial charge on any atom is -0.377 e. The summed E-state index contributed by atoms with van der Waals surface area (Å²) in [5, 5.41) is 0. The third kappa shape index (κ3) is 2.04. The molecule has 1 aromatic rings. The van der Waals surface area contributed by atoms with Crippen LogP contribution in [-0.4, -0.2) is 17.1 Å². The van der Waals surface area contributed by atoms with Gasteiger partial charge in [-0.05, 0) is 15.9 Å². The van der Waals surface area contributed by atoms with Gasteiger partial charge in [-0.1, -0.05) is 0 Å². The number of ether oxygens (including phenoxy) is 1. The third-order valence-corrected chi connectivity index (χ3v) is 1.19. The number of hydrogen-bond donors (Lipinski definition) is 0. The molecule has 0 unspecified atom stereocenters. The standard InChI is InChI=1S/C6H7BrN2O/c1-10-4-6-8-2-5(7)3-9-6/h2-3H,4H2,1H3/i2D,3D. The first-order valence-corrected chi connectivity index (χ1v) is 3.43. The smallest absolute Gasteiger partial charge is 0.153 e. The number of methoxy groups -OCH3 is 1. The largest absolute Gasteiger partial charge is 0.377 e. The Kier molecular flexibility index (Phi) is 1.89. The van der Waals surface area contributed by atoms with Crippen molar-refractivity contribution >= 4 is 15.9 Å². The first kappa shape index (κ1) is 5.21. The summed E-state index contributed by atoms with van der Waals surface area (Å²) in [5.74, 6) is 0.357. The molecule has 0 aromatic carbocycles. The van der Waals surface area contributed by atoms with Gasteiger partial charge >= 0.3 is 0 Å². The van der Waals surface area contributed by atoms with Crippen LogP contribution >= 0.6 is 15.9 Å². The second-order valence-corrected chi connectivity index (χ2v) is 2.40. The van der Waals surface area contributed by atoms with Crippen molar-refractivity contribution in [2.75, 3.05) is 7.11 Å². The van der Waals surface area contributed by atoms with Crippen molar-refractivity contribution in [3.63, 3.8) is 0 Å². The molecule has 0 aliphatic heterocycles. The lowest BCUT2D eigenvalue weighted by Gasteiger charge is -1.95. The second-order valence-electron chi connectivity index (χ2n) is 1.61. The van der Waals surface area contributed by atoms with Gasteiger partial charge < -0.3 is 4.74 Å². The molecule has 0 spiro atoms. The Morgan fingerprint density at radius 3 is 2.80 bits per heavy atom. The first-order chi connectivity index (χ1) is 5.65. The van der Waals surface area contributed by atoms with Crippen LogP contribution in [0.4, 0.5) is 0 Å². The van der Waals surface area contributed by atoms with E-state index in [1.165, 1.54) is 7.11 Å². The van der Waals surface area contributed by atoms with Crippen LogP contribution in [0, 0.1) is 0 Å². The minimum atomic E-state index is 0.0158. The van der Waals surface area contributed by atoms with Crippen molar-refractivity contribution in [2.24, 2.45) is 0 Å². The van der Waals surface area contributed by atoms with Crippen molar-refractivity contribution in [2.45, 2.75) is 6.61 Å². The Balaban J connectivity index is 3.04. The monoisotopic (exact) mass is 204 g/mol. The van der Waals surface area contributed by atoms with Gasteiger partial charge in [0.25, 0.3) is 0 Å². The fraction of sp³-hybridized carbons (Fsp3) is 0.333. The molecule has 0 bridgehead atoms. The average Bonchev–Trinajstić information content (AvgIpc) is 2.01. The maximum absolute atomic E-state index is 7.31. The van der Waals surface area contributed by atoms with E-state index in [9.17, 15) is 0 Å². The molecule has 1 heterocycles. The molecular formula is C6H7BrN2O. The zero-order valence-electron chi connectivity index (χ0n) is 7.39. The third-order valence-electron chi connectivity index (χ3n) is 0.840. The van der Waals surface area contributed by atoms with Gasteiger partial charge in [0.1, 0.15) is 6.61 Å². The van der Waals surface area contributed by atoms with E-state index in [1.54, 1.807) is 0 Å². The molecule has 54 valence electrons. The molecule has 3 nitrogen and oxygen atoms in total. The van der Waals surface area contributed by atoms with Gasteiger partial charge in [-0.25, -0.2) is 9.97 Å². The molecule has 0 amide bonds. The summed E-state index contributed by atoms with van der Waals surface area (Å²) in [5.41, 5.74) is 0. The summed E-state index contributed by atoms with van der Waals surface area (Å²) in [6, 6.07) is 0. The lowest BCUT2D eigenvalue weighted by molar-refractivity contribution is 0.177. The highest BCUT2D eigenvalue weighted by Gasteiger charge is 1.92. The molecule has 4 heteroatoms. The van der Waals surface area contributed by atoms with Crippen molar-refractivity contribution in [3.8, 4) is 0 Å². The number of nitrogens with zero attached hydrogens (tertiary/aromatic N) is 2. The molecule has 0 saturated carbocycles. The van der Waals surface area contributed by atoms with Gasteiger partial charge in [-0.3, -0.25) is 0 Å². The van der Waals surface area contributed by atoms with Gasteiger partial charge in [-0.15, -0.1) is 0 Å². The zero-order chi connectivity index (χ0) is 9.14. The SMILES string of the molecule is [2H]c1nc(COC)nc([2H])c1Br. The van der Waals surface area contributed by atoms with E-state index in [0.29, 0.717) is 10.3 Å². The molecule has 0 aliphatic rings. The Labute approximate surface area is 70.4 Å². The highest BCUT2D eigenvalue weighted by molar-refractivity contribution is 9.10. The van der Waals surface area contributed by atoms with Crippen LogP contribution in [0.25, 0.3) is 0 Å². The molecule has 10 heavy (non-hydrogen) atoms. The molecule has 0 saturated heterocycles. The molecule has 0 aliphatic carbocycles. The van der Waals surface area contributed by atoms with Gasteiger partial charge in [-0.2, -0.15) is 0 Å². The summed E-state index contributed by atoms with van der Waals surface area (Å²) in [6.07, 6.45) is 0.0316. The minimum absolute atomic E-state index is 0.0158. The second kappa shape index (κ2) is 3.63. The zero-order valence-corrected chi connectivity index (χ0v) is 6.97. The summed E-state index contributed by atoms with van der Waals surface area (Å²) in [7, 11) is 1.51. The molecule has 0 fully saturated rings. The number of hydrogen-bond acceptors (Lipinski definition) is 3.